The molecule has 0 spiro atoms. The highest BCUT2D eigenvalue weighted by atomic mass is 35.5. The molecule has 0 radical (unpaired) electrons. The van der Waals surface area contributed by atoms with Crippen molar-refractivity contribution in [2.75, 3.05) is 20.4 Å². The van der Waals surface area contributed by atoms with Crippen molar-refractivity contribution >= 4 is 29.4 Å². The van der Waals surface area contributed by atoms with Crippen molar-refractivity contribution in [2.45, 2.75) is 64.5 Å². The summed E-state index contributed by atoms with van der Waals surface area (Å²) >= 11 is 6.41. The van der Waals surface area contributed by atoms with Gasteiger partial charge in [-0.05, 0) is 44.2 Å². The molecular weight excluding hydrogens is 420 g/mol. The van der Waals surface area contributed by atoms with E-state index in [4.69, 9.17) is 21.1 Å². The molecule has 0 bridgehead atoms. The molecule has 1 fully saturated rings. The monoisotopic (exact) mass is 452 g/mol. The van der Waals surface area contributed by atoms with E-state index in [1.165, 1.54) is 11.9 Å². The van der Waals surface area contributed by atoms with Crippen LogP contribution in [0.5, 0.6) is 0 Å². The van der Waals surface area contributed by atoms with E-state index in [1.54, 1.807) is 24.3 Å². The van der Waals surface area contributed by atoms with Crippen LogP contribution in [0.2, 0.25) is 5.02 Å². The minimum atomic E-state index is -1.19. The number of ether oxygens (including phenoxy) is 2. The summed E-state index contributed by atoms with van der Waals surface area (Å²) < 4.78 is 10.4. The molecule has 0 saturated heterocycles. The summed E-state index contributed by atoms with van der Waals surface area (Å²) in [6.07, 6.45) is 2.50. The zero-order valence-electron chi connectivity index (χ0n) is 18.8. The largest absolute Gasteiger partial charge is 0.427 e. The van der Waals surface area contributed by atoms with E-state index < -0.39 is 30.4 Å². The molecule has 1 aliphatic rings. The first-order valence-corrected chi connectivity index (χ1v) is 11.2. The molecule has 0 aromatic heterocycles. The first-order valence-electron chi connectivity index (χ1n) is 10.8. The van der Waals surface area contributed by atoms with Gasteiger partial charge in [-0.2, -0.15) is 0 Å². The van der Waals surface area contributed by atoms with Crippen molar-refractivity contribution in [3.8, 4) is 0 Å². The number of amides is 1. The number of ketones is 1. The smallest absolute Gasteiger partial charge is 0.413 e. The topological polar surface area (TPSA) is 84.9 Å². The van der Waals surface area contributed by atoms with Gasteiger partial charge in [0, 0.05) is 24.1 Å². The number of hydrogen-bond acceptors (Lipinski definition) is 6. The minimum absolute atomic E-state index is 0.0285. The number of likely N-dealkylation sites (N-methyl/N-ethyl adjacent to an activating group) is 1. The average Bonchev–Trinajstić information content (AvgIpc) is 2.74. The molecule has 7 nitrogen and oxygen atoms in total. The molecule has 31 heavy (non-hydrogen) atoms. The van der Waals surface area contributed by atoms with Gasteiger partial charge in [0.05, 0.1) is 0 Å². The van der Waals surface area contributed by atoms with Crippen molar-refractivity contribution in [3.05, 3.63) is 34.9 Å². The number of Topliss-reactive ketones (excluding diaryl/α,β-unsaturated/α-hetero) is 1. The average molecular weight is 453 g/mol. The number of nitrogens with one attached hydrogen (secondary N) is 1. The highest BCUT2D eigenvalue weighted by Crippen LogP contribution is 2.42. The molecule has 1 aromatic carbocycles. The second-order valence-electron chi connectivity index (χ2n) is 8.20. The normalized spacial score (nSPS) is 19.7. The van der Waals surface area contributed by atoms with Crippen molar-refractivity contribution in [1.82, 2.24) is 10.2 Å². The Hall–Kier alpha value is -2.12. The molecule has 1 unspecified atom stereocenters. The predicted octanol–water partition coefficient (Wildman–Crippen LogP) is 4.27. The molecule has 0 aliphatic heterocycles. The van der Waals surface area contributed by atoms with Gasteiger partial charge in [-0.3, -0.25) is 14.5 Å². The lowest BCUT2D eigenvalue weighted by molar-refractivity contribution is -0.157. The summed E-state index contributed by atoms with van der Waals surface area (Å²) in [5.74, 6) is -0.527. The van der Waals surface area contributed by atoms with Crippen LogP contribution in [0.4, 0.5) is 4.79 Å². The molecule has 1 amide bonds. The third kappa shape index (κ3) is 5.77. The van der Waals surface area contributed by atoms with Crippen LogP contribution in [0.1, 0.15) is 58.4 Å². The molecule has 0 heterocycles. The number of halogens is 1. The van der Waals surface area contributed by atoms with E-state index >= 15 is 0 Å². The van der Waals surface area contributed by atoms with Gasteiger partial charge in [-0.1, -0.05) is 50.6 Å². The fourth-order valence-corrected chi connectivity index (χ4v) is 4.29. The first kappa shape index (κ1) is 25.1. The molecule has 172 valence electrons. The number of rotatable bonds is 9. The van der Waals surface area contributed by atoms with E-state index in [0.717, 1.165) is 19.3 Å². The lowest BCUT2D eigenvalue weighted by Gasteiger charge is -2.43. The van der Waals surface area contributed by atoms with Crippen LogP contribution >= 0.6 is 11.6 Å². The molecule has 8 heteroatoms. The van der Waals surface area contributed by atoms with Gasteiger partial charge >= 0.3 is 12.1 Å². The van der Waals surface area contributed by atoms with E-state index in [-0.39, 0.29) is 11.7 Å². The van der Waals surface area contributed by atoms with Crippen molar-refractivity contribution in [1.29, 1.82) is 0 Å². The lowest BCUT2D eigenvalue weighted by Crippen LogP contribution is -2.54. The Bertz CT molecular complexity index is 785. The Morgan fingerprint density at radius 2 is 1.94 bits per heavy atom. The summed E-state index contributed by atoms with van der Waals surface area (Å²) in [4.78, 5) is 39.6. The number of carbonyl (C=O) groups excluding carboxylic acids is 3. The highest BCUT2D eigenvalue weighted by Gasteiger charge is 2.48. The molecule has 2 rings (SSSR count). The second kappa shape index (κ2) is 11.5. The van der Waals surface area contributed by atoms with E-state index in [0.29, 0.717) is 30.0 Å². The quantitative estimate of drug-likeness (QED) is 0.445. The fourth-order valence-electron chi connectivity index (χ4n) is 4.00. The summed E-state index contributed by atoms with van der Waals surface area (Å²) in [5, 5.41) is 3.56. The Kier molecular flexibility index (Phi) is 9.32. The standard InChI is InChI=1S/C23H33ClN2O5/c1-5-14-25-20(16(2)3)21(28)30-15-31-22(29)26(4)23(13-9-8-12-19(23)27)17-10-6-7-11-18(17)24/h6-7,10-11,16,20,25H,5,8-9,12-15H2,1-4H3/t20?,23-/m0/s1. The highest BCUT2D eigenvalue weighted by molar-refractivity contribution is 6.31. The molecular formula is C23H33ClN2O5. The Balaban J connectivity index is 2.10. The number of benzene rings is 1. The number of nitrogens with zero attached hydrogens (tertiary/aromatic N) is 1. The van der Waals surface area contributed by atoms with Gasteiger partial charge < -0.3 is 14.8 Å². The Morgan fingerprint density at radius 3 is 2.55 bits per heavy atom. The number of hydrogen-bond donors (Lipinski definition) is 1. The summed E-state index contributed by atoms with van der Waals surface area (Å²) in [6, 6.07) is 6.56. The maximum absolute atomic E-state index is 13.1. The molecule has 1 saturated carbocycles. The zero-order chi connectivity index (χ0) is 23.0. The molecule has 1 aliphatic carbocycles. The second-order valence-corrected chi connectivity index (χ2v) is 8.60. The predicted molar refractivity (Wildman–Crippen MR) is 119 cm³/mol. The number of esters is 1. The van der Waals surface area contributed by atoms with E-state index in [9.17, 15) is 14.4 Å². The van der Waals surface area contributed by atoms with Crippen molar-refractivity contribution in [3.63, 3.8) is 0 Å². The van der Waals surface area contributed by atoms with Gasteiger partial charge in [0.25, 0.3) is 0 Å². The van der Waals surface area contributed by atoms with Crippen LogP contribution in [-0.4, -0.2) is 49.2 Å². The van der Waals surface area contributed by atoms with E-state index in [2.05, 4.69) is 5.32 Å². The summed E-state index contributed by atoms with van der Waals surface area (Å²) in [5.41, 5.74) is -0.609. The minimum Gasteiger partial charge on any atom is -0.427 e. The fraction of sp³-hybridized carbons (Fsp3) is 0.609. The Morgan fingerprint density at radius 1 is 1.23 bits per heavy atom. The van der Waals surface area contributed by atoms with Crippen LogP contribution in [-0.2, 0) is 24.6 Å². The van der Waals surface area contributed by atoms with Gasteiger partial charge in [-0.15, -0.1) is 0 Å². The SMILES string of the molecule is CCCNC(C(=O)OCOC(=O)N(C)[C@]1(c2ccccc2Cl)CCCCC1=O)C(C)C. The summed E-state index contributed by atoms with van der Waals surface area (Å²) in [6.45, 7) is 6.00. The molecule has 1 aromatic rings. The third-order valence-electron chi connectivity index (χ3n) is 5.74. The van der Waals surface area contributed by atoms with Crippen molar-refractivity contribution in [2.24, 2.45) is 5.92 Å². The molecule has 1 N–H and O–H groups in total. The first-order chi connectivity index (χ1) is 14.8. The van der Waals surface area contributed by atoms with Crippen LogP contribution in [0.25, 0.3) is 0 Å². The maximum atomic E-state index is 13.1. The lowest BCUT2D eigenvalue weighted by atomic mass is 9.74. The maximum Gasteiger partial charge on any atom is 0.413 e. The van der Waals surface area contributed by atoms with Crippen LogP contribution in [0.15, 0.2) is 24.3 Å². The van der Waals surface area contributed by atoms with Crippen molar-refractivity contribution < 1.29 is 23.9 Å². The van der Waals surface area contributed by atoms with Gasteiger partial charge in [-0.25, -0.2) is 4.79 Å². The van der Waals surface area contributed by atoms with Crippen LogP contribution in [0.3, 0.4) is 0 Å². The van der Waals surface area contributed by atoms with E-state index in [1.807, 2.05) is 20.8 Å². The van der Waals surface area contributed by atoms with Gasteiger partial charge in [0.2, 0.25) is 6.79 Å². The van der Waals surface area contributed by atoms with Crippen LogP contribution < -0.4 is 5.32 Å². The molecule has 2 atom stereocenters. The van der Waals surface area contributed by atoms with Crippen LogP contribution in [0, 0.1) is 5.92 Å². The Labute approximate surface area is 189 Å². The van der Waals surface area contributed by atoms with Gasteiger partial charge in [0.1, 0.15) is 11.6 Å². The summed E-state index contributed by atoms with van der Waals surface area (Å²) in [7, 11) is 1.52. The zero-order valence-corrected chi connectivity index (χ0v) is 19.5. The third-order valence-corrected chi connectivity index (χ3v) is 6.07. The number of carbonyl (C=O) groups is 3. The van der Waals surface area contributed by atoms with Gasteiger partial charge in [0.15, 0.2) is 5.78 Å².